The minimum absolute atomic E-state index is 0.180. The van der Waals surface area contributed by atoms with Crippen molar-refractivity contribution in [3.05, 3.63) is 68.8 Å². The van der Waals surface area contributed by atoms with E-state index in [1.54, 1.807) is 0 Å². The molecule has 5 heteroatoms. The zero-order chi connectivity index (χ0) is 23.8. The van der Waals surface area contributed by atoms with Gasteiger partial charge in [-0.25, -0.2) is 0 Å². The van der Waals surface area contributed by atoms with Crippen molar-refractivity contribution >= 4 is 34.4 Å². The highest BCUT2D eigenvalue weighted by Crippen LogP contribution is 2.29. The van der Waals surface area contributed by atoms with Crippen molar-refractivity contribution in [2.24, 2.45) is 11.8 Å². The van der Waals surface area contributed by atoms with E-state index < -0.39 is 0 Å². The molecule has 4 nitrogen and oxygen atoms in total. The van der Waals surface area contributed by atoms with Crippen LogP contribution in [0.2, 0.25) is 0 Å². The molecule has 2 atom stereocenters. The highest BCUT2D eigenvalue weighted by atomic mass is 127. The third kappa shape index (κ3) is 9.21. The van der Waals surface area contributed by atoms with Gasteiger partial charge < -0.3 is 10.6 Å². The first-order valence-corrected chi connectivity index (χ1v) is 12.8. The lowest BCUT2D eigenvalue weighted by Gasteiger charge is -2.13. The number of rotatable bonds is 8. The molecule has 2 aliphatic rings. The molecule has 0 aromatic heterocycles. The molecule has 2 N–H and O–H groups in total. The third-order valence-electron chi connectivity index (χ3n) is 5.79. The first-order valence-electron chi connectivity index (χ1n) is 11.7. The van der Waals surface area contributed by atoms with E-state index in [2.05, 4.69) is 70.3 Å². The summed E-state index contributed by atoms with van der Waals surface area (Å²) < 4.78 is 1.25. The van der Waals surface area contributed by atoms with Crippen molar-refractivity contribution in [3.8, 4) is 12.3 Å². The molecular formula is C28H33IN2O2. The van der Waals surface area contributed by atoms with Gasteiger partial charge in [0.05, 0.1) is 0 Å². The van der Waals surface area contributed by atoms with E-state index in [9.17, 15) is 9.59 Å². The van der Waals surface area contributed by atoms with Crippen molar-refractivity contribution in [2.75, 3.05) is 0 Å². The molecule has 2 fully saturated rings. The molecule has 2 aliphatic carbocycles. The van der Waals surface area contributed by atoms with Crippen LogP contribution < -0.4 is 10.6 Å². The summed E-state index contributed by atoms with van der Waals surface area (Å²) in [6, 6.07) is 16.8. The van der Waals surface area contributed by atoms with Gasteiger partial charge in [0.15, 0.2) is 0 Å². The van der Waals surface area contributed by atoms with Gasteiger partial charge in [-0.3, -0.25) is 9.59 Å². The van der Waals surface area contributed by atoms with Crippen LogP contribution in [0.25, 0.3) is 0 Å². The first-order chi connectivity index (χ1) is 15.8. The zero-order valence-electron chi connectivity index (χ0n) is 19.4. The number of carbonyl (C=O) groups is 2. The molecule has 2 unspecified atom stereocenters. The molecule has 33 heavy (non-hydrogen) atoms. The minimum Gasteiger partial charge on any atom is -0.353 e. The maximum Gasteiger partial charge on any atom is 0.223 e. The van der Waals surface area contributed by atoms with Crippen LogP contribution in [-0.4, -0.2) is 23.9 Å². The molecule has 0 heterocycles. The van der Waals surface area contributed by atoms with Crippen LogP contribution in [0.15, 0.2) is 48.5 Å². The van der Waals surface area contributed by atoms with Crippen molar-refractivity contribution in [3.63, 3.8) is 0 Å². The molecule has 0 saturated heterocycles. The molecule has 2 aromatic carbocycles. The summed E-state index contributed by atoms with van der Waals surface area (Å²) >= 11 is 2.30. The smallest absolute Gasteiger partial charge is 0.223 e. The molecule has 2 saturated carbocycles. The lowest BCUT2D eigenvalue weighted by molar-refractivity contribution is -0.123. The summed E-state index contributed by atoms with van der Waals surface area (Å²) in [5, 5.41) is 6.10. The Kier molecular flexibility index (Phi) is 9.37. The van der Waals surface area contributed by atoms with Gasteiger partial charge in [0.2, 0.25) is 11.8 Å². The van der Waals surface area contributed by atoms with Gasteiger partial charge in [-0.05, 0) is 110 Å². The maximum atomic E-state index is 11.6. The SMILES string of the molecule is C#Cc1ccc(CC(C)NC(=O)C2CC2)cc1.CC(Cc1ccc(I)cc1)NC(=O)C1CC1. The Bertz CT molecular complexity index is 970. The number of benzene rings is 2. The first kappa shape index (κ1) is 25.3. The number of hydrogen-bond acceptors (Lipinski definition) is 2. The number of amides is 2. The van der Waals surface area contributed by atoms with Gasteiger partial charge >= 0.3 is 0 Å². The Morgan fingerprint density at radius 3 is 1.61 bits per heavy atom. The van der Waals surface area contributed by atoms with E-state index in [1.807, 2.05) is 31.2 Å². The number of hydrogen-bond donors (Lipinski definition) is 2. The Balaban J connectivity index is 0.000000186. The van der Waals surface area contributed by atoms with Gasteiger partial charge in [-0.1, -0.05) is 30.2 Å². The fraction of sp³-hybridized carbons (Fsp3) is 0.429. The number of halogens is 1. The maximum absolute atomic E-state index is 11.6. The van der Waals surface area contributed by atoms with Crippen LogP contribution in [0.3, 0.4) is 0 Å². The summed E-state index contributed by atoms with van der Waals surface area (Å²) in [4.78, 5) is 23.1. The van der Waals surface area contributed by atoms with Crippen LogP contribution in [0.5, 0.6) is 0 Å². The zero-order valence-corrected chi connectivity index (χ0v) is 21.6. The lowest BCUT2D eigenvalue weighted by Crippen LogP contribution is -2.35. The van der Waals surface area contributed by atoms with Crippen molar-refractivity contribution in [2.45, 2.75) is 64.5 Å². The van der Waals surface area contributed by atoms with Gasteiger partial charge in [-0.15, -0.1) is 6.42 Å². The quantitative estimate of drug-likeness (QED) is 0.360. The van der Waals surface area contributed by atoms with E-state index in [0.717, 1.165) is 44.1 Å². The fourth-order valence-electron chi connectivity index (χ4n) is 3.58. The van der Waals surface area contributed by atoms with E-state index in [0.29, 0.717) is 5.92 Å². The second kappa shape index (κ2) is 12.2. The summed E-state index contributed by atoms with van der Waals surface area (Å²) in [6.07, 6.45) is 11.3. The number of terminal acetylenes is 1. The van der Waals surface area contributed by atoms with Crippen LogP contribution in [0.1, 0.15) is 56.2 Å². The summed E-state index contributed by atoms with van der Waals surface area (Å²) in [5.74, 6) is 3.62. The highest BCUT2D eigenvalue weighted by Gasteiger charge is 2.30. The number of carbonyl (C=O) groups excluding carboxylic acids is 2. The van der Waals surface area contributed by atoms with Gasteiger partial charge in [0, 0.05) is 33.1 Å². The van der Waals surface area contributed by atoms with E-state index in [1.165, 1.54) is 14.7 Å². The largest absolute Gasteiger partial charge is 0.353 e. The topological polar surface area (TPSA) is 58.2 Å². The van der Waals surface area contributed by atoms with Gasteiger partial charge in [0.1, 0.15) is 0 Å². The second-order valence-electron chi connectivity index (χ2n) is 9.24. The van der Waals surface area contributed by atoms with E-state index in [-0.39, 0.29) is 29.8 Å². The Morgan fingerprint density at radius 2 is 1.24 bits per heavy atom. The minimum atomic E-state index is 0.180. The molecule has 0 bridgehead atoms. The second-order valence-corrected chi connectivity index (χ2v) is 10.5. The molecule has 0 radical (unpaired) electrons. The predicted molar refractivity (Wildman–Crippen MR) is 142 cm³/mol. The lowest BCUT2D eigenvalue weighted by atomic mass is 10.1. The van der Waals surface area contributed by atoms with E-state index in [4.69, 9.17) is 6.42 Å². The molecule has 2 aromatic rings. The standard InChI is InChI=1S/C15H17NO.C13H16INO/c1-3-12-4-6-13(7-5-12)10-11(2)16-15(17)14-8-9-14;1-9(15-13(16)11-4-5-11)8-10-2-6-12(14)7-3-10/h1,4-7,11,14H,8-10H2,2H3,(H,16,17);2-3,6-7,9,11H,4-5,8H2,1H3,(H,15,16). The molecule has 2 amide bonds. The molecular weight excluding hydrogens is 523 g/mol. The summed E-state index contributed by atoms with van der Waals surface area (Å²) in [7, 11) is 0. The Labute approximate surface area is 211 Å². The third-order valence-corrected chi connectivity index (χ3v) is 6.51. The van der Waals surface area contributed by atoms with Crippen molar-refractivity contribution in [1.29, 1.82) is 0 Å². The van der Waals surface area contributed by atoms with Crippen LogP contribution >= 0.6 is 22.6 Å². The van der Waals surface area contributed by atoms with Crippen LogP contribution in [-0.2, 0) is 22.4 Å². The fourth-order valence-corrected chi connectivity index (χ4v) is 3.94. The molecule has 4 rings (SSSR count). The molecule has 0 spiro atoms. The average Bonchev–Trinajstić information content (AvgIpc) is 3.69. The van der Waals surface area contributed by atoms with Gasteiger partial charge in [-0.2, -0.15) is 0 Å². The summed E-state index contributed by atoms with van der Waals surface area (Å²) in [6.45, 7) is 4.10. The van der Waals surface area contributed by atoms with Crippen molar-refractivity contribution < 1.29 is 9.59 Å². The van der Waals surface area contributed by atoms with Gasteiger partial charge in [0.25, 0.3) is 0 Å². The Morgan fingerprint density at radius 1 is 0.848 bits per heavy atom. The van der Waals surface area contributed by atoms with Crippen LogP contribution in [0.4, 0.5) is 0 Å². The number of nitrogens with one attached hydrogen (secondary N) is 2. The monoisotopic (exact) mass is 556 g/mol. The summed E-state index contributed by atoms with van der Waals surface area (Å²) in [5.41, 5.74) is 3.38. The average molecular weight is 556 g/mol. The van der Waals surface area contributed by atoms with E-state index >= 15 is 0 Å². The molecule has 174 valence electrons. The highest BCUT2D eigenvalue weighted by molar-refractivity contribution is 14.1. The molecule has 0 aliphatic heterocycles. The van der Waals surface area contributed by atoms with Crippen molar-refractivity contribution in [1.82, 2.24) is 10.6 Å². The predicted octanol–water partition coefficient (Wildman–Crippen LogP) is 4.87. The Hall–Kier alpha value is -2.33. The van der Waals surface area contributed by atoms with Crippen LogP contribution in [0, 0.1) is 27.7 Å². The normalized spacial score (nSPS) is 16.4.